The van der Waals surface area contributed by atoms with E-state index in [2.05, 4.69) is 22.3 Å². The number of nitrogens with zero attached hydrogens (tertiary/aromatic N) is 2. The molecule has 1 amide bonds. The van der Waals surface area contributed by atoms with Crippen molar-refractivity contribution in [3.05, 3.63) is 47.3 Å². The second-order valence-corrected chi connectivity index (χ2v) is 4.36. The van der Waals surface area contributed by atoms with Crippen LogP contribution in [0, 0.1) is 18.8 Å². The van der Waals surface area contributed by atoms with Crippen molar-refractivity contribution in [1.29, 1.82) is 0 Å². The maximum absolute atomic E-state index is 12.0. The Balaban J connectivity index is 2.16. The number of carbonyl (C=O) groups excluding carboxylic acids is 1. The minimum atomic E-state index is -0.227. The van der Waals surface area contributed by atoms with Crippen LogP contribution in [0.2, 0.25) is 0 Å². The van der Waals surface area contributed by atoms with Crippen LogP contribution in [0.3, 0.4) is 0 Å². The Morgan fingerprint density at radius 3 is 2.85 bits per heavy atom. The molecule has 0 saturated carbocycles. The number of nitrogens with two attached hydrogens (primary N) is 1. The molecule has 2 aromatic rings. The summed E-state index contributed by atoms with van der Waals surface area (Å²) in [5.74, 6) is 5.53. The number of aryl methyl sites for hydroxylation is 2. The third-order valence-electron chi connectivity index (χ3n) is 2.76. The first-order valence-corrected chi connectivity index (χ1v) is 6.20. The number of benzene rings is 1. The monoisotopic (exact) mass is 268 g/mol. The van der Waals surface area contributed by atoms with E-state index < -0.39 is 0 Å². The summed E-state index contributed by atoms with van der Waals surface area (Å²) < 4.78 is 1.59. The number of hydrogen-bond acceptors (Lipinski definition) is 3. The zero-order chi connectivity index (χ0) is 14.5. The van der Waals surface area contributed by atoms with Crippen molar-refractivity contribution in [3.63, 3.8) is 0 Å². The van der Waals surface area contributed by atoms with Gasteiger partial charge in [0, 0.05) is 24.5 Å². The molecule has 0 spiro atoms. The van der Waals surface area contributed by atoms with Gasteiger partial charge in [-0.25, -0.2) is 0 Å². The van der Waals surface area contributed by atoms with Gasteiger partial charge in [-0.3, -0.25) is 9.48 Å². The van der Waals surface area contributed by atoms with Gasteiger partial charge in [0.15, 0.2) is 5.69 Å². The number of rotatable bonds is 2. The molecule has 0 bridgehead atoms. The zero-order valence-corrected chi connectivity index (χ0v) is 11.5. The Morgan fingerprint density at radius 2 is 2.25 bits per heavy atom. The molecule has 1 aromatic carbocycles. The number of hydrogen-bond donors (Lipinski definition) is 2. The standard InChI is InChI=1S/C15H16N4O/c1-11-10-12(4-3-8-16)5-6-13(11)17-15(20)14-7-9-19(2)18-14/h5-7,9-10H,8,16H2,1-2H3,(H,17,20). The lowest BCUT2D eigenvalue weighted by atomic mass is 10.1. The third-order valence-corrected chi connectivity index (χ3v) is 2.76. The van der Waals surface area contributed by atoms with Gasteiger partial charge in [-0.15, -0.1) is 0 Å². The molecular weight excluding hydrogens is 252 g/mol. The summed E-state index contributed by atoms with van der Waals surface area (Å²) in [6.45, 7) is 2.25. The van der Waals surface area contributed by atoms with Crippen molar-refractivity contribution in [2.75, 3.05) is 11.9 Å². The van der Waals surface area contributed by atoms with Gasteiger partial charge in [-0.1, -0.05) is 11.8 Å². The van der Waals surface area contributed by atoms with Gasteiger partial charge in [0.1, 0.15) is 0 Å². The molecule has 0 saturated heterocycles. The summed E-state index contributed by atoms with van der Waals surface area (Å²) in [4.78, 5) is 12.0. The predicted molar refractivity (Wildman–Crippen MR) is 78.3 cm³/mol. The normalized spacial score (nSPS) is 9.75. The lowest BCUT2D eigenvalue weighted by Gasteiger charge is -2.07. The van der Waals surface area contributed by atoms with Crippen molar-refractivity contribution in [3.8, 4) is 11.8 Å². The first-order chi connectivity index (χ1) is 9.60. The molecule has 1 heterocycles. The van der Waals surface area contributed by atoms with Crippen molar-refractivity contribution in [1.82, 2.24) is 9.78 Å². The fourth-order valence-electron chi connectivity index (χ4n) is 1.76. The largest absolute Gasteiger partial charge is 0.320 e. The molecule has 0 atom stereocenters. The molecule has 1 aromatic heterocycles. The molecule has 0 aliphatic carbocycles. The molecule has 0 fully saturated rings. The van der Waals surface area contributed by atoms with Crippen molar-refractivity contribution in [2.45, 2.75) is 6.92 Å². The highest BCUT2D eigenvalue weighted by atomic mass is 16.1. The van der Waals surface area contributed by atoms with E-state index >= 15 is 0 Å². The van der Waals surface area contributed by atoms with Gasteiger partial charge in [-0.2, -0.15) is 5.10 Å². The fourth-order valence-corrected chi connectivity index (χ4v) is 1.76. The van der Waals surface area contributed by atoms with E-state index in [0.29, 0.717) is 12.2 Å². The molecule has 0 aliphatic heterocycles. The smallest absolute Gasteiger partial charge is 0.276 e. The van der Waals surface area contributed by atoms with Crippen molar-refractivity contribution >= 4 is 11.6 Å². The van der Waals surface area contributed by atoms with Gasteiger partial charge in [-0.05, 0) is 36.8 Å². The van der Waals surface area contributed by atoms with E-state index in [9.17, 15) is 4.79 Å². The maximum Gasteiger partial charge on any atom is 0.276 e. The van der Waals surface area contributed by atoms with Crippen LogP contribution in [0.4, 0.5) is 5.69 Å². The quantitative estimate of drug-likeness (QED) is 0.806. The Hall–Kier alpha value is -2.58. The Bertz CT molecular complexity index is 691. The molecule has 0 unspecified atom stereocenters. The SMILES string of the molecule is Cc1cc(C#CCN)ccc1NC(=O)c1ccn(C)n1. The van der Waals surface area contributed by atoms with E-state index in [1.807, 2.05) is 25.1 Å². The van der Waals surface area contributed by atoms with Gasteiger partial charge in [0.25, 0.3) is 5.91 Å². The number of nitrogens with one attached hydrogen (secondary N) is 1. The molecule has 5 heteroatoms. The molecule has 3 N–H and O–H groups in total. The predicted octanol–water partition coefficient (Wildman–Crippen LogP) is 1.29. The second kappa shape index (κ2) is 6.04. The Kier molecular flexibility index (Phi) is 4.18. The third kappa shape index (κ3) is 3.25. The van der Waals surface area contributed by atoms with E-state index in [-0.39, 0.29) is 5.91 Å². The van der Waals surface area contributed by atoms with Gasteiger partial charge < -0.3 is 11.1 Å². The van der Waals surface area contributed by atoms with Crippen LogP contribution >= 0.6 is 0 Å². The topological polar surface area (TPSA) is 72.9 Å². The summed E-state index contributed by atoms with van der Waals surface area (Å²) in [5, 5.41) is 6.90. The van der Waals surface area contributed by atoms with Crippen LogP contribution in [-0.4, -0.2) is 22.2 Å². The summed E-state index contributed by atoms with van der Waals surface area (Å²) in [7, 11) is 1.77. The second-order valence-electron chi connectivity index (χ2n) is 4.36. The van der Waals surface area contributed by atoms with Crippen molar-refractivity contribution < 1.29 is 4.79 Å². The van der Waals surface area contributed by atoms with Crippen LogP contribution < -0.4 is 11.1 Å². The van der Waals surface area contributed by atoms with Crippen LogP contribution in [0.15, 0.2) is 30.5 Å². The van der Waals surface area contributed by atoms with E-state index in [0.717, 1.165) is 16.8 Å². The first-order valence-electron chi connectivity index (χ1n) is 6.20. The lowest BCUT2D eigenvalue weighted by molar-refractivity contribution is 0.102. The highest BCUT2D eigenvalue weighted by Crippen LogP contribution is 2.16. The van der Waals surface area contributed by atoms with Crippen molar-refractivity contribution in [2.24, 2.45) is 12.8 Å². The van der Waals surface area contributed by atoms with Gasteiger partial charge >= 0.3 is 0 Å². The van der Waals surface area contributed by atoms with Crippen LogP contribution in [0.25, 0.3) is 0 Å². The molecule has 102 valence electrons. The number of aromatic nitrogens is 2. The molecular formula is C15H16N4O. The summed E-state index contributed by atoms with van der Waals surface area (Å²) in [6.07, 6.45) is 1.73. The molecule has 0 aliphatic rings. The maximum atomic E-state index is 12.0. The molecule has 0 radical (unpaired) electrons. The molecule has 2 rings (SSSR count). The highest BCUT2D eigenvalue weighted by molar-refractivity contribution is 6.03. The van der Waals surface area contributed by atoms with E-state index in [1.54, 1.807) is 24.0 Å². The molecule has 5 nitrogen and oxygen atoms in total. The Labute approximate surface area is 117 Å². The van der Waals surface area contributed by atoms with Gasteiger partial charge in [0.05, 0.1) is 6.54 Å². The summed E-state index contributed by atoms with van der Waals surface area (Å²) >= 11 is 0. The first kappa shape index (κ1) is 13.8. The van der Waals surface area contributed by atoms with E-state index in [4.69, 9.17) is 5.73 Å². The van der Waals surface area contributed by atoms with Crippen LogP contribution in [-0.2, 0) is 7.05 Å². The highest BCUT2D eigenvalue weighted by Gasteiger charge is 2.10. The van der Waals surface area contributed by atoms with Crippen LogP contribution in [0.5, 0.6) is 0 Å². The average Bonchev–Trinajstić information content (AvgIpc) is 2.86. The number of carbonyl (C=O) groups is 1. The summed E-state index contributed by atoms with van der Waals surface area (Å²) in [6, 6.07) is 7.27. The minimum absolute atomic E-state index is 0.227. The Morgan fingerprint density at radius 1 is 1.45 bits per heavy atom. The summed E-state index contributed by atoms with van der Waals surface area (Å²) in [5.41, 5.74) is 8.30. The fraction of sp³-hybridized carbons (Fsp3) is 0.200. The zero-order valence-electron chi connectivity index (χ0n) is 11.5. The van der Waals surface area contributed by atoms with E-state index in [1.165, 1.54) is 0 Å². The average molecular weight is 268 g/mol. The minimum Gasteiger partial charge on any atom is -0.320 e. The number of anilines is 1. The molecule has 20 heavy (non-hydrogen) atoms. The lowest BCUT2D eigenvalue weighted by Crippen LogP contribution is -2.13. The van der Waals surface area contributed by atoms with Crippen LogP contribution in [0.1, 0.15) is 21.6 Å². The van der Waals surface area contributed by atoms with Gasteiger partial charge in [0.2, 0.25) is 0 Å². The number of amides is 1.